The van der Waals surface area contributed by atoms with Gasteiger partial charge in [-0.15, -0.1) is 0 Å². The summed E-state index contributed by atoms with van der Waals surface area (Å²) in [6, 6.07) is 4.10. The van der Waals surface area contributed by atoms with Crippen molar-refractivity contribution in [3.63, 3.8) is 0 Å². The number of amides is 1. The van der Waals surface area contributed by atoms with Crippen molar-refractivity contribution in [2.24, 2.45) is 0 Å². The van der Waals surface area contributed by atoms with Gasteiger partial charge >= 0.3 is 0 Å². The van der Waals surface area contributed by atoms with Gasteiger partial charge in [-0.2, -0.15) is 0 Å². The molecule has 0 saturated carbocycles. The zero-order valence-electron chi connectivity index (χ0n) is 9.80. The molecule has 0 aromatic heterocycles. The van der Waals surface area contributed by atoms with Crippen LogP contribution in [-0.2, 0) is 4.79 Å². The van der Waals surface area contributed by atoms with E-state index in [0.29, 0.717) is 16.8 Å². The third-order valence-electron chi connectivity index (χ3n) is 2.12. The number of ether oxygens (including phenoxy) is 1. The Balaban J connectivity index is 2.64. The van der Waals surface area contributed by atoms with Crippen LogP contribution >= 0.6 is 15.9 Å². The van der Waals surface area contributed by atoms with Gasteiger partial charge in [0.2, 0.25) is 0 Å². The zero-order valence-corrected chi connectivity index (χ0v) is 11.4. The Morgan fingerprint density at radius 3 is 2.94 bits per heavy atom. The maximum atomic E-state index is 13.0. The molecule has 0 bridgehead atoms. The van der Waals surface area contributed by atoms with Crippen molar-refractivity contribution in [2.75, 3.05) is 6.54 Å². The minimum atomic E-state index is -0.653. The van der Waals surface area contributed by atoms with E-state index in [1.807, 2.05) is 6.92 Å². The molecule has 1 atom stereocenters. The van der Waals surface area contributed by atoms with E-state index in [2.05, 4.69) is 21.2 Å². The first kappa shape index (κ1) is 14.0. The van der Waals surface area contributed by atoms with Gasteiger partial charge in [0.25, 0.3) is 5.91 Å². The number of hydrogen-bond acceptors (Lipinski definition) is 2. The maximum Gasteiger partial charge on any atom is 0.260 e. The number of benzene rings is 1. The number of hydrogen-bond donors (Lipinski definition) is 1. The van der Waals surface area contributed by atoms with Crippen LogP contribution in [0.3, 0.4) is 0 Å². The Hall–Kier alpha value is -1.10. The van der Waals surface area contributed by atoms with Crippen LogP contribution in [0.15, 0.2) is 22.7 Å². The van der Waals surface area contributed by atoms with E-state index >= 15 is 0 Å². The zero-order chi connectivity index (χ0) is 12.8. The summed E-state index contributed by atoms with van der Waals surface area (Å²) in [6.45, 7) is 4.20. The van der Waals surface area contributed by atoms with Gasteiger partial charge in [-0.05, 0) is 41.4 Å². The lowest BCUT2D eigenvalue weighted by atomic mass is 10.3. The molecule has 0 saturated heterocycles. The van der Waals surface area contributed by atoms with Crippen molar-refractivity contribution in [2.45, 2.75) is 26.4 Å². The van der Waals surface area contributed by atoms with E-state index in [-0.39, 0.29) is 5.91 Å². The second kappa shape index (κ2) is 6.59. The van der Waals surface area contributed by atoms with E-state index in [1.54, 1.807) is 13.0 Å². The Kier molecular flexibility index (Phi) is 5.41. The minimum Gasteiger partial charge on any atom is -0.480 e. The standard InChI is InChI=1S/C12H15BrFNO2/c1-3-6-15-12(16)8(2)17-11-7-9(14)4-5-10(11)13/h4-5,7-8H,3,6H2,1-2H3,(H,15,16). The number of carbonyl (C=O) groups is 1. The molecule has 0 aliphatic carbocycles. The van der Waals surface area contributed by atoms with Crippen LogP contribution in [0.4, 0.5) is 4.39 Å². The van der Waals surface area contributed by atoms with Crippen molar-refractivity contribution in [1.29, 1.82) is 0 Å². The maximum absolute atomic E-state index is 13.0. The highest BCUT2D eigenvalue weighted by molar-refractivity contribution is 9.10. The van der Waals surface area contributed by atoms with Crippen LogP contribution in [0.2, 0.25) is 0 Å². The Morgan fingerprint density at radius 1 is 1.59 bits per heavy atom. The molecule has 0 aliphatic rings. The van der Waals surface area contributed by atoms with Crippen molar-refractivity contribution in [3.8, 4) is 5.75 Å². The van der Waals surface area contributed by atoms with Crippen molar-refractivity contribution < 1.29 is 13.9 Å². The largest absolute Gasteiger partial charge is 0.480 e. The topological polar surface area (TPSA) is 38.3 Å². The molecule has 5 heteroatoms. The fraction of sp³-hybridized carbons (Fsp3) is 0.417. The SMILES string of the molecule is CCCNC(=O)C(C)Oc1cc(F)ccc1Br. The first-order valence-corrected chi connectivity index (χ1v) is 6.23. The summed E-state index contributed by atoms with van der Waals surface area (Å²) in [5.41, 5.74) is 0. The van der Waals surface area contributed by atoms with Crippen LogP contribution in [0.5, 0.6) is 5.75 Å². The number of nitrogens with one attached hydrogen (secondary N) is 1. The molecule has 1 rings (SSSR count). The van der Waals surface area contributed by atoms with Gasteiger partial charge in [0.05, 0.1) is 4.47 Å². The number of rotatable bonds is 5. The Bertz CT molecular complexity index is 398. The lowest BCUT2D eigenvalue weighted by Crippen LogP contribution is -2.36. The lowest BCUT2D eigenvalue weighted by molar-refractivity contribution is -0.127. The highest BCUT2D eigenvalue weighted by Crippen LogP contribution is 2.26. The molecule has 1 N–H and O–H groups in total. The fourth-order valence-electron chi connectivity index (χ4n) is 1.20. The number of carbonyl (C=O) groups excluding carboxylic acids is 1. The summed E-state index contributed by atoms with van der Waals surface area (Å²) in [5, 5.41) is 2.71. The summed E-state index contributed by atoms with van der Waals surface area (Å²) in [4.78, 5) is 11.6. The van der Waals surface area contributed by atoms with E-state index in [9.17, 15) is 9.18 Å². The lowest BCUT2D eigenvalue weighted by Gasteiger charge is -2.15. The summed E-state index contributed by atoms with van der Waals surface area (Å²) in [5.74, 6) is -0.281. The monoisotopic (exact) mass is 303 g/mol. The molecule has 0 spiro atoms. The molecule has 0 fully saturated rings. The van der Waals surface area contributed by atoms with Crippen LogP contribution in [0.1, 0.15) is 20.3 Å². The fourth-order valence-corrected chi connectivity index (χ4v) is 1.54. The third kappa shape index (κ3) is 4.34. The van der Waals surface area contributed by atoms with E-state index in [1.165, 1.54) is 12.1 Å². The van der Waals surface area contributed by atoms with E-state index in [4.69, 9.17) is 4.74 Å². The average Bonchev–Trinajstić information content (AvgIpc) is 2.30. The van der Waals surface area contributed by atoms with E-state index < -0.39 is 11.9 Å². The van der Waals surface area contributed by atoms with Gasteiger partial charge in [-0.25, -0.2) is 4.39 Å². The molecule has 0 radical (unpaired) electrons. The quantitative estimate of drug-likeness (QED) is 0.908. The molecule has 0 aliphatic heterocycles. The van der Waals surface area contributed by atoms with E-state index in [0.717, 1.165) is 6.42 Å². The smallest absolute Gasteiger partial charge is 0.260 e. The van der Waals surface area contributed by atoms with Gasteiger partial charge in [0, 0.05) is 12.6 Å². The first-order valence-electron chi connectivity index (χ1n) is 5.44. The predicted molar refractivity (Wildman–Crippen MR) is 67.5 cm³/mol. The van der Waals surface area contributed by atoms with Crippen LogP contribution in [0.25, 0.3) is 0 Å². The molecule has 3 nitrogen and oxygen atoms in total. The average molecular weight is 304 g/mol. The summed E-state index contributed by atoms with van der Waals surface area (Å²) < 4.78 is 19.0. The van der Waals surface area contributed by atoms with Gasteiger partial charge in [0.1, 0.15) is 11.6 Å². The molecule has 0 heterocycles. The normalized spacial score (nSPS) is 12.0. The van der Waals surface area contributed by atoms with Crippen molar-refractivity contribution in [3.05, 3.63) is 28.5 Å². The second-order valence-electron chi connectivity index (χ2n) is 3.63. The van der Waals surface area contributed by atoms with Crippen LogP contribution in [0, 0.1) is 5.82 Å². The highest BCUT2D eigenvalue weighted by atomic mass is 79.9. The molecule has 94 valence electrons. The summed E-state index contributed by atoms with van der Waals surface area (Å²) in [6.07, 6.45) is 0.210. The van der Waals surface area contributed by atoms with Crippen LogP contribution in [-0.4, -0.2) is 18.6 Å². The Labute approximate surface area is 108 Å². The van der Waals surface area contributed by atoms with Crippen molar-refractivity contribution >= 4 is 21.8 Å². The van der Waals surface area contributed by atoms with Gasteiger partial charge in [-0.3, -0.25) is 4.79 Å². The Morgan fingerprint density at radius 2 is 2.29 bits per heavy atom. The molecule has 1 amide bonds. The summed E-state index contributed by atoms with van der Waals surface area (Å²) in [7, 11) is 0. The molecular weight excluding hydrogens is 289 g/mol. The molecule has 1 unspecified atom stereocenters. The highest BCUT2D eigenvalue weighted by Gasteiger charge is 2.15. The van der Waals surface area contributed by atoms with Gasteiger partial charge < -0.3 is 10.1 Å². The predicted octanol–water partition coefficient (Wildman–Crippen LogP) is 2.88. The molecular formula is C12H15BrFNO2. The molecule has 1 aromatic carbocycles. The van der Waals surface area contributed by atoms with Gasteiger partial charge in [0.15, 0.2) is 6.10 Å². The first-order chi connectivity index (χ1) is 8.04. The second-order valence-corrected chi connectivity index (χ2v) is 4.48. The summed E-state index contributed by atoms with van der Waals surface area (Å²) >= 11 is 3.24. The third-order valence-corrected chi connectivity index (χ3v) is 2.77. The van der Waals surface area contributed by atoms with Crippen molar-refractivity contribution in [1.82, 2.24) is 5.32 Å². The molecule has 1 aromatic rings. The number of halogens is 2. The van der Waals surface area contributed by atoms with Crippen LogP contribution < -0.4 is 10.1 Å². The minimum absolute atomic E-state index is 0.206. The van der Waals surface area contributed by atoms with Gasteiger partial charge in [-0.1, -0.05) is 6.92 Å². The molecule has 17 heavy (non-hydrogen) atoms.